The van der Waals surface area contributed by atoms with Crippen molar-refractivity contribution in [3.63, 3.8) is 0 Å². The minimum atomic E-state index is -1.10. The van der Waals surface area contributed by atoms with Gasteiger partial charge >= 0.3 is 0 Å². The Morgan fingerprint density at radius 1 is 1.18 bits per heavy atom. The Balaban J connectivity index is 1.82. The highest BCUT2D eigenvalue weighted by molar-refractivity contribution is 5.84. The smallest absolute Gasteiger partial charge is 0.223 e. The first-order chi connectivity index (χ1) is 10.6. The molecule has 1 amide bonds. The molecule has 5 heteroatoms. The predicted octanol–water partition coefficient (Wildman–Crippen LogP) is 0.910. The van der Waals surface area contributed by atoms with Crippen molar-refractivity contribution in [3.8, 4) is 5.75 Å². The molecule has 1 aromatic carbocycles. The van der Waals surface area contributed by atoms with Crippen LogP contribution in [0.5, 0.6) is 5.75 Å². The van der Waals surface area contributed by atoms with E-state index < -0.39 is 17.8 Å². The first-order valence-corrected chi connectivity index (χ1v) is 7.73. The maximum absolute atomic E-state index is 12.2. The lowest BCUT2D eigenvalue weighted by atomic mass is 9.78. The van der Waals surface area contributed by atoms with Gasteiger partial charge in [-0.3, -0.25) is 4.79 Å². The first-order valence-electron chi connectivity index (χ1n) is 7.73. The molecule has 1 aliphatic rings. The van der Waals surface area contributed by atoms with Crippen molar-refractivity contribution in [2.45, 2.75) is 32.1 Å². The second-order valence-electron chi connectivity index (χ2n) is 5.71. The molecule has 22 heavy (non-hydrogen) atoms. The van der Waals surface area contributed by atoms with E-state index in [1.165, 1.54) is 0 Å². The Morgan fingerprint density at radius 3 is 2.41 bits per heavy atom. The molecular weight excluding hydrogens is 282 g/mol. The highest BCUT2D eigenvalue weighted by atomic mass is 16.5. The number of hydrogen-bond acceptors (Lipinski definition) is 4. The number of carboxylic acids is 1. The minimum Gasteiger partial charge on any atom is -0.550 e. The van der Waals surface area contributed by atoms with Crippen LogP contribution < -0.4 is 15.2 Å². The molecule has 0 spiro atoms. The molecule has 0 saturated heterocycles. The van der Waals surface area contributed by atoms with Gasteiger partial charge < -0.3 is 20.0 Å². The van der Waals surface area contributed by atoms with Gasteiger partial charge in [-0.2, -0.15) is 0 Å². The summed E-state index contributed by atoms with van der Waals surface area (Å²) >= 11 is 0. The van der Waals surface area contributed by atoms with Crippen molar-refractivity contribution in [1.82, 2.24) is 5.32 Å². The molecule has 0 aromatic heterocycles. The van der Waals surface area contributed by atoms with Crippen LogP contribution in [0.3, 0.4) is 0 Å². The van der Waals surface area contributed by atoms with Crippen LogP contribution in [0.2, 0.25) is 0 Å². The van der Waals surface area contributed by atoms with Gasteiger partial charge in [0, 0.05) is 24.3 Å². The number of benzene rings is 1. The molecule has 0 aliphatic heterocycles. The van der Waals surface area contributed by atoms with E-state index in [-0.39, 0.29) is 5.91 Å². The lowest BCUT2D eigenvalue weighted by Crippen LogP contribution is -2.44. The van der Waals surface area contributed by atoms with E-state index in [2.05, 4.69) is 5.32 Å². The molecule has 1 aromatic rings. The Morgan fingerprint density at radius 2 is 1.82 bits per heavy atom. The second kappa shape index (κ2) is 7.82. The summed E-state index contributed by atoms with van der Waals surface area (Å²) < 4.78 is 5.09. The minimum absolute atomic E-state index is 0.164. The lowest BCUT2D eigenvalue weighted by Gasteiger charge is -2.31. The zero-order valence-corrected chi connectivity index (χ0v) is 12.8. The van der Waals surface area contributed by atoms with E-state index in [4.69, 9.17) is 4.74 Å². The summed E-state index contributed by atoms with van der Waals surface area (Å²) in [4.78, 5) is 23.3. The van der Waals surface area contributed by atoms with Gasteiger partial charge in [-0.05, 0) is 37.0 Å². The fourth-order valence-corrected chi connectivity index (χ4v) is 2.98. The molecule has 0 radical (unpaired) electrons. The third kappa shape index (κ3) is 4.23. The van der Waals surface area contributed by atoms with Gasteiger partial charge in [0.15, 0.2) is 0 Å². The maximum atomic E-state index is 12.2. The number of nitrogens with one attached hydrogen (secondary N) is 1. The summed E-state index contributed by atoms with van der Waals surface area (Å²) in [6.45, 7) is 0.501. The Bertz CT molecular complexity index is 512. The van der Waals surface area contributed by atoms with Gasteiger partial charge in [-0.1, -0.05) is 25.0 Å². The van der Waals surface area contributed by atoms with Crippen LogP contribution in [-0.2, 0) is 16.0 Å². The van der Waals surface area contributed by atoms with Gasteiger partial charge in [0.2, 0.25) is 5.91 Å². The average Bonchev–Trinajstić information content (AvgIpc) is 2.55. The molecule has 2 atom stereocenters. The normalized spacial score (nSPS) is 21.1. The van der Waals surface area contributed by atoms with Crippen LogP contribution in [0.1, 0.15) is 31.2 Å². The van der Waals surface area contributed by atoms with Crippen LogP contribution in [0.4, 0.5) is 0 Å². The van der Waals surface area contributed by atoms with Crippen LogP contribution in [0.15, 0.2) is 24.3 Å². The third-order valence-electron chi connectivity index (χ3n) is 4.28. The van der Waals surface area contributed by atoms with Gasteiger partial charge in [0.25, 0.3) is 0 Å². The summed E-state index contributed by atoms with van der Waals surface area (Å²) in [6.07, 6.45) is 3.64. The highest BCUT2D eigenvalue weighted by Gasteiger charge is 2.31. The van der Waals surface area contributed by atoms with Crippen molar-refractivity contribution in [2.24, 2.45) is 11.8 Å². The highest BCUT2D eigenvalue weighted by Crippen LogP contribution is 2.29. The number of carboxylic acid groups (broad SMARTS) is 1. The summed E-state index contributed by atoms with van der Waals surface area (Å²) in [6, 6.07) is 7.67. The summed E-state index contributed by atoms with van der Waals surface area (Å²) in [5.41, 5.74) is 1.10. The van der Waals surface area contributed by atoms with E-state index in [1.54, 1.807) is 7.11 Å². The van der Waals surface area contributed by atoms with Crippen molar-refractivity contribution in [1.29, 1.82) is 0 Å². The largest absolute Gasteiger partial charge is 0.550 e. The number of hydrogen-bond donors (Lipinski definition) is 1. The quantitative estimate of drug-likeness (QED) is 0.847. The van der Waals surface area contributed by atoms with Gasteiger partial charge in [0.05, 0.1) is 7.11 Å². The van der Waals surface area contributed by atoms with Crippen molar-refractivity contribution < 1.29 is 19.4 Å². The topological polar surface area (TPSA) is 78.5 Å². The lowest BCUT2D eigenvalue weighted by molar-refractivity contribution is -0.314. The third-order valence-corrected chi connectivity index (χ3v) is 4.28. The SMILES string of the molecule is COc1ccc(CCNC(=O)[C@@H]2CCCC[C@H]2C(=O)[O-])cc1. The average molecular weight is 304 g/mol. The maximum Gasteiger partial charge on any atom is 0.223 e. The molecule has 0 bridgehead atoms. The standard InChI is InChI=1S/C17H23NO4/c1-22-13-8-6-12(7-9-13)10-11-18-16(19)14-4-2-3-5-15(14)17(20)21/h6-9,14-15H,2-5,10-11H2,1H3,(H,18,19)(H,20,21)/p-1/t14-,15-/m1/s1. The number of carbonyl (C=O) groups excluding carboxylic acids is 2. The molecule has 1 saturated carbocycles. The van der Waals surface area contributed by atoms with Crippen LogP contribution >= 0.6 is 0 Å². The van der Waals surface area contributed by atoms with Crippen molar-refractivity contribution in [3.05, 3.63) is 29.8 Å². The van der Waals surface area contributed by atoms with E-state index in [9.17, 15) is 14.7 Å². The number of aliphatic carboxylic acids is 1. The van der Waals surface area contributed by atoms with Crippen molar-refractivity contribution in [2.75, 3.05) is 13.7 Å². The molecule has 0 unspecified atom stereocenters. The van der Waals surface area contributed by atoms with Gasteiger partial charge in [0.1, 0.15) is 5.75 Å². The summed E-state index contributed by atoms with van der Waals surface area (Å²) in [7, 11) is 1.62. The molecule has 120 valence electrons. The Kier molecular flexibility index (Phi) is 5.81. The molecule has 1 fully saturated rings. The molecule has 0 heterocycles. The number of ether oxygens (including phenoxy) is 1. The number of amides is 1. The van der Waals surface area contributed by atoms with Gasteiger partial charge in [-0.15, -0.1) is 0 Å². The van der Waals surface area contributed by atoms with E-state index in [0.29, 0.717) is 25.8 Å². The predicted molar refractivity (Wildman–Crippen MR) is 80.2 cm³/mol. The molecule has 2 rings (SSSR count). The molecule has 1 N–H and O–H groups in total. The molecular formula is C17H22NO4-. The zero-order valence-electron chi connectivity index (χ0n) is 12.8. The van der Waals surface area contributed by atoms with E-state index in [0.717, 1.165) is 24.2 Å². The molecule has 1 aliphatic carbocycles. The first kappa shape index (κ1) is 16.3. The summed E-state index contributed by atoms with van der Waals surface area (Å²) in [5.74, 6) is -1.56. The van der Waals surface area contributed by atoms with Crippen LogP contribution in [0.25, 0.3) is 0 Å². The number of carbonyl (C=O) groups is 2. The number of rotatable bonds is 6. The monoisotopic (exact) mass is 304 g/mol. The van der Waals surface area contributed by atoms with Crippen LogP contribution in [-0.4, -0.2) is 25.5 Å². The zero-order chi connectivity index (χ0) is 15.9. The number of methoxy groups -OCH3 is 1. The Hall–Kier alpha value is -2.04. The fraction of sp³-hybridized carbons (Fsp3) is 0.529. The van der Waals surface area contributed by atoms with Gasteiger partial charge in [-0.25, -0.2) is 0 Å². The van der Waals surface area contributed by atoms with E-state index in [1.807, 2.05) is 24.3 Å². The van der Waals surface area contributed by atoms with Crippen molar-refractivity contribution >= 4 is 11.9 Å². The Labute approximate surface area is 130 Å². The fourth-order valence-electron chi connectivity index (χ4n) is 2.98. The summed E-state index contributed by atoms with van der Waals surface area (Å²) in [5, 5.41) is 14.0. The van der Waals surface area contributed by atoms with E-state index >= 15 is 0 Å². The van der Waals surface area contributed by atoms with Crippen LogP contribution in [0, 0.1) is 11.8 Å². The molecule has 5 nitrogen and oxygen atoms in total. The second-order valence-corrected chi connectivity index (χ2v) is 5.71.